The lowest BCUT2D eigenvalue weighted by Crippen LogP contribution is -1.93. The molecule has 10 heavy (non-hydrogen) atoms. The van der Waals surface area contributed by atoms with Crippen molar-refractivity contribution in [3.8, 4) is 0 Å². The summed E-state index contributed by atoms with van der Waals surface area (Å²) in [5.41, 5.74) is 1.52. The molecule has 0 aromatic carbocycles. The highest BCUT2D eigenvalue weighted by molar-refractivity contribution is 5.01. The lowest BCUT2D eigenvalue weighted by atomic mass is 9.97. The zero-order chi connectivity index (χ0) is 6.97. The van der Waals surface area contributed by atoms with E-state index in [9.17, 15) is 0 Å². The molecule has 0 saturated heterocycles. The third-order valence-corrected chi connectivity index (χ3v) is 3.13. The van der Waals surface area contributed by atoms with Crippen molar-refractivity contribution in [2.24, 2.45) is 11.8 Å². The second-order valence-corrected chi connectivity index (χ2v) is 4.04. The molecular weight excluding hydrogens is 120 g/mol. The van der Waals surface area contributed by atoms with Crippen LogP contribution in [0.1, 0.15) is 38.5 Å². The van der Waals surface area contributed by atoms with Crippen LogP contribution < -0.4 is 0 Å². The summed E-state index contributed by atoms with van der Waals surface area (Å²) in [4.78, 5) is 0. The summed E-state index contributed by atoms with van der Waals surface area (Å²) in [7, 11) is 0. The van der Waals surface area contributed by atoms with Crippen LogP contribution in [0.25, 0.3) is 0 Å². The zero-order valence-electron chi connectivity index (χ0n) is 6.60. The Balaban J connectivity index is 2.05. The summed E-state index contributed by atoms with van der Waals surface area (Å²) in [5, 5.41) is 0. The first-order chi connectivity index (χ1) is 4.84. The summed E-state index contributed by atoms with van der Waals surface area (Å²) in [6.07, 6.45) is 8.62. The van der Waals surface area contributed by atoms with E-state index in [1.165, 1.54) is 44.1 Å². The maximum atomic E-state index is 4.09. The Bertz CT molecular complexity index is 146. The minimum Gasteiger partial charge on any atom is -0.0999 e. The van der Waals surface area contributed by atoms with E-state index in [1.54, 1.807) is 0 Å². The van der Waals surface area contributed by atoms with Crippen LogP contribution in [0, 0.1) is 11.8 Å². The predicted octanol–water partition coefficient (Wildman–Crippen LogP) is 3.14. The van der Waals surface area contributed by atoms with E-state index in [4.69, 9.17) is 0 Å². The fourth-order valence-electron chi connectivity index (χ4n) is 2.54. The number of fused-ring (bicyclic) bond motifs is 2. The summed E-state index contributed by atoms with van der Waals surface area (Å²) in [6.45, 7) is 4.09. The maximum absolute atomic E-state index is 4.09. The molecule has 0 heteroatoms. The van der Waals surface area contributed by atoms with Crippen molar-refractivity contribution in [3.63, 3.8) is 0 Å². The second-order valence-electron chi connectivity index (χ2n) is 4.04. The summed E-state index contributed by atoms with van der Waals surface area (Å²) in [6, 6.07) is 0. The zero-order valence-corrected chi connectivity index (χ0v) is 6.60. The molecule has 0 radical (unpaired) electrons. The largest absolute Gasteiger partial charge is 0.0999 e. The molecule has 0 heterocycles. The molecule has 2 aliphatic rings. The van der Waals surface area contributed by atoms with Crippen molar-refractivity contribution in [1.29, 1.82) is 0 Å². The Morgan fingerprint density at radius 1 is 1.10 bits per heavy atom. The highest BCUT2D eigenvalue weighted by Gasteiger charge is 2.27. The normalized spacial score (nSPS) is 39.8. The molecule has 2 saturated carbocycles. The molecule has 2 fully saturated rings. The van der Waals surface area contributed by atoms with Crippen molar-refractivity contribution in [2.75, 3.05) is 0 Å². The monoisotopic (exact) mass is 136 g/mol. The Labute approximate surface area is 63.3 Å². The van der Waals surface area contributed by atoms with Crippen molar-refractivity contribution in [1.82, 2.24) is 0 Å². The lowest BCUT2D eigenvalue weighted by molar-refractivity contribution is 0.501. The Kier molecular flexibility index (Phi) is 1.55. The summed E-state index contributed by atoms with van der Waals surface area (Å²) in [5.74, 6) is 2.10. The van der Waals surface area contributed by atoms with Crippen LogP contribution in [0.4, 0.5) is 0 Å². The van der Waals surface area contributed by atoms with Gasteiger partial charge in [0.15, 0.2) is 0 Å². The first-order valence-electron chi connectivity index (χ1n) is 4.51. The van der Waals surface area contributed by atoms with E-state index < -0.39 is 0 Å². The van der Waals surface area contributed by atoms with Crippen molar-refractivity contribution < 1.29 is 0 Å². The van der Waals surface area contributed by atoms with Gasteiger partial charge < -0.3 is 0 Å². The molecule has 56 valence electrons. The van der Waals surface area contributed by atoms with Crippen molar-refractivity contribution in [3.05, 3.63) is 12.2 Å². The van der Waals surface area contributed by atoms with E-state index in [0.29, 0.717) is 0 Å². The number of rotatable bonds is 0. The van der Waals surface area contributed by atoms with Gasteiger partial charge in [-0.05, 0) is 43.9 Å². The fraction of sp³-hybridized carbons (Fsp3) is 0.800. The predicted molar refractivity (Wildman–Crippen MR) is 43.8 cm³/mol. The van der Waals surface area contributed by atoms with E-state index in [0.717, 1.165) is 11.8 Å². The Morgan fingerprint density at radius 2 is 1.90 bits per heavy atom. The van der Waals surface area contributed by atoms with Gasteiger partial charge in [-0.3, -0.25) is 0 Å². The molecule has 0 amide bonds. The summed E-state index contributed by atoms with van der Waals surface area (Å²) < 4.78 is 0. The van der Waals surface area contributed by atoms with Gasteiger partial charge in [-0.25, -0.2) is 0 Å². The Hall–Kier alpha value is -0.260. The first-order valence-corrected chi connectivity index (χ1v) is 4.51. The standard InChI is InChI=1S/C10H16/c1-8-2-3-9-4-5-10(6-8)7-9/h9-10H,1-7H2. The van der Waals surface area contributed by atoms with Gasteiger partial charge in [0.25, 0.3) is 0 Å². The highest BCUT2D eigenvalue weighted by atomic mass is 14.3. The van der Waals surface area contributed by atoms with Gasteiger partial charge in [0, 0.05) is 0 Å². The first kappa shape index (κ1) is 6.45. The maximum Gasteiger partial charge on any atom is -0.0294 e. The number of allylic oxidation sites excluding steroid dienone is 1. The molecule has 0 nitrogen and oxygen atoms in total. The van der Waals surface area contributed by atoms with Crippen LogP contribution in [0.15, 0.2) is 12.2 Å². The molecule has 0 aliphatic heterocycles. The van der Waals surface area contributed by atoms with Crippen LogP contribution in [0.5, 0.6) is 0 Å². The van der Waals surface area contributed by atoms with Crippen molar-refractivity contribution >= 4 is 0 Å². The van der Waals surface area contributed by atoms with Gasteiger partial charge >= 0.3 is 0 Å². The van der Waals surface area contributed by atoms with E-state index >= 15 is 0 Å². The molecule has 0 aromatic heterocycles. The number of hydrogen-bond acceptors (Lipinski definition) is 0. The van der Waals surface area contributed by atoms with E-state index in [1.807, 2.05) is 0 Å². The third-order valence-electron chi connectivity index (χ3n) is 3.13. The SMILES string of the molecule is C=C1CCC2CCC(C1)C2. The fourth-order valence-corrected chi connectivity index (χ4v) is 2.54. The third kappa shape index (κ3) is 1.12. The minimum atomic E-state index is 1.03. The van der Waals surface area contributed by atoms with Gasteiger partial charge in [0.1, 0.15) is 0 Å². The highest BCUT2D eigenvalue weighted by Crippen LogP contribution is 2.41. The molecule has 2 atom stereocenters. The Morgan fingerprint density at radius 3 is 2.80 bits per heavy atom. The molecule has 0 N–H and O–H groups in total. The van der Waals surface area contributed by atoms with Gasteiger partial charge in [0.2, 0.25) is 0 Å². The molecule has 2 aliphatic carbocycles. The van der Waals surface area contributed by atoms with E-state index in [2.05, 4.69) is 6.58 Å². The minimum absolute atomic E-state index is 1.03. The van der Waals surface area contributed by atoms with E-state index in [-0.39, 0.29) is 0 Å². The van der Waals surface area contributed by atoms with Crippen molar-refractivity contribution in [2.45, 2.75) is 38.5 Å². The van der Waals surface area contributed by atoms with Crippen LogP contribution in [-0.2, 0) is 0 Å². The molecule has 2 rings (SSSR count). The van der Waals surface area contributed by atoms with Gasteiger partial charge in [-0.1, -0.05) is 18.6 Å². The molecule has 2 bridgehead atoms. The quantitative estimate of drug-likeness (QED) is 0.449. The molecule has 0 aromatic rings. The average molecular weight is 136 g/mol. The van der Waals surface area contributed by atoms with Crippen LogP contribution >= 0.6 is 0 Å². The average Bonchev–Trinajstić information content (AvgIpc) is 2.22. The molecule has 2 unspecified atom stereocenters. The smallest absolute Gasteiger partial charge is 0.0294 e. The molecular formula is C10H16. The number of hydrogen-bond donors (Lipinski definition) is 0. The van der Waals surface area contributed by atoms with Crippen LogP contribution in [0.2, 0.25) is 0 Å². The topological polar surface area (TPSA) is 0 Å². The van der Waals surface area contributed by atoms with Crippen LogP contribution in [0.3, 0.4) is 0 Å². The lowest BCUT2D eigenvalue weighted by Gasteiger charge is -2.08. The summed E-state index contributed by atoms with van der Waals surface area (Å²) >= 11 is 0. The van der Waals surface area contributed by atoms with Crippen LogP contribution in [-0.4, -0.2) is 0 Å². The molecule has 0 spiro atoms. The van der Waals surface area contributed by atoms with Gasteiger partial charge in [-0.15, -0.1) is 0 Å². The van der Waals surface area contributed by atoms with Gasteiger partial charge in [0.05, 0.1) is 0 Å². The second kappa shape index (κ2) is 2.41. The van der Waals surface area contributed by atoms with Gasteiger partial charge in [-0.2, -0.15) is 0 Å².